The number of hydrogen-bond donors (Lipinski definition) is 1. The molecule has 1 aromatic carbocycles. The summed E-state index contributed by atoms with van der Waals surface area (Å²) in [6.07, 6.45) is 5.77. The predicted molar refractivity (Wildman–Crippen MR) is 113 cm³/mol. The van der Waals surface area contributed by atoms with E-state index in [9.17, 15) is 14.4 Å². The third kappa shape index (κ3) is 4.13. The predicted octanol–water partition coefficient (Wildman–Crippen LogP) is 4.07. The van der Waals surface area contributed by atoms with Crippen molar-refractivity contribution in [1.82, 2.24) is 15.1 Å². The van der Waals surface area contributed by atoms with Gasteiger partial charge >= 0.3 is 6.03 Å². The Kier molecular flexibility index (Phi) is 6.52. The van der Waals surface area contributed by atoms with E-state index in [-0.39, 0.29) is 30.4 Å². The molecule has 0 spiro atoms. The van der Waals surface area contributed by atoms with Gasteiger partial charge in [-0.3, -0.25) is 14.5 Å². The van der Waals surface area contributed by atoms with Crippen LogP contribution in [0.25, 0.3) is 0 Å². The van der Waals surface area contributed by atoms with Gasteiger partial charge in [0.25, 0.3) is 5.91 Å². The first-order chi connectivity index (χ1) is 13.8. The fourth-order valence-corrected chi connectivity index (χ4v) is 4.76. The van der Waals surface area contributed by atoms with Crippen molar-refractivity contribution in [3.63, 3.8) is 0 Å². The van der Waals surface area contributed by atoms with Gasteiger partial charge in [-0.15, -0.1) is 0 Å². The molecule has 158 valence electrons. The van der Waals surface area contributed by atoms with Crippen LogP contribution in [-0.4, -0.2) is 46.3 Å². The van der Waals surface area contributed by atoms with Crippen LogP contribution in [0.2, 0.25) is 5.02 Å². The molecular formula is C22H30ClN3O3. The molecule has 4 amide bonds. The van der Waals surface area contributed by atoms with Crippen LogP contribution in [0.4, 0.5) is 4.79 Å². The molecule has 6 nitrogen and oxygen atoms in total. The van der Waals surface area contributed by atoms with E-state index in [1.807, 2.05) is 25.7 Å². The Labute approximate surface area is 177 Å². The monoisotopic (exact) mass is 419 g/mol. The average Bonchev–Trinajstić information content (AvgIpc) is 2.94. The molecule has 0 aromatic heterocycles. The molecular weight excluding hydrogens is 390 g/mol. The number of urea groups is 1. The van der Waals surface area contributed by atoms with Crippen LogP contribution in [0.5, 0.6) is 0 Å². The maximum atomic E-state index is 13.3. The summed E-state index contributed by atoms with van der Waals surface area (Å²) in [7, 11) is 0. The maximum absolute atomic E-state index is 13.3. The van der Waals surface area contributed by atoms with E-state index < -0.39 is 11.6 Å². The van der Waals surface area contributed by atoms with Gasteiger partial charge in [0.15, 0.2) is 0 Å². The summed E-state index contributed by atoms with van der Waals surface area (Å²) < 4.78 is 0. The van der Waals surface area contributed by atoms with E-state index in [4.69, 9.17) is 11.6 Å². The number of nitrogens with zero attached hydrogens (tertiary/aromatic N) is 2. The number of carbonyl (C=O) groups excluding carboxylic acids is 3. The van der Waals surface area contributed by atoms with Gasteiger partial charge in [-0.25, -0.2) is 4.79 Å². The second-order valence-corrected chi connectivity index (χ2v) is 8.71. The lowest BCUT2D eigenvalue weighted by Crippen LogP contribution is -2.51. The molecule has 2 fully saturated rings. The van der Waals surface area contributed by atoms with Crippen molar-refractivity contribution in [2.45, 2.75) is 76.9 Å². The average molecular weight is 420 g/mol. The lowest BCUT2D eigenvalue weighted by Gasteiger charge is -2.38. The van der Waals surface area contributed by atoms with E-state index in [1.165, 1.54) is 6.42 Å². The van der Waals surface area contributed by atoms with Crippen LogP contribution in [0.3, 0.4) is 0 Å². The normalized spacial score (nSPS) is 22.9. The molecule has 1 unspecified atom stereocenters. The Morgan fingerprint density at radius 1 is 1.21 bits per heavy atom. The summed E-state index contributed by atoms with van der Waals surface area (Å²) in [5.74, 6) is -0.550. The summed E-state index contributed by atoms with van der Waals surface area (Å²) in [6.45, 7) is 5.60. The van der Waals surface area contributed by atoms with Crippen LogP contribution in [0.15, 0.2) is 24.3 Å². The Morgan fingerprint density at radius 2 is 1.83 bits per heavy atom. The number of benzene rings is 1. The van der Waals surface area contributed by atoms with Crippen molar-refractivity contribution >= 4 is 29.4 Å². The first-order valence-electron chi connectivity index (χ1n) is 10.5. The molecule has 1 N–H and O–H groups in total. The lowest BCUT2D eigenvalue weighted by molar-refractivity contribution is -0.142. The summed E-state index contributed by atoms with van der Waals surface area (Å²) >= 11 is 5.97. The first kappa shape index (κ1) is 21.6. The fraction of sp³-hybridized carbons (Fsp3) is 0.591. The standard InChI is InChI=1S/C22H30ClN3O3/c1-4-22(16-10-12-17(23)13-11-16)20(28)25(21(29)24-22)14-19(27)26(15(2)3)18-8-6-5-7-9-18/h10-13,15,18H,4-9,14H2,1-3H3,(H,24,29). The number of nitrogens with one attached hydrogen (secondary N) is 1. The number of hydrogen-bond acceptors (Lipinski definition) is 3. The molecule has 1 aliphatic heterocycles. The molecule has 1 atom stereocenters. The lowest BCUT2D eigenvalue weighted by atomic mass is 9.87. The van der Waals surface area contributed by atoms with Gasteiger partial charge in [0.05, 0.1) is 0 Å². The smallest absolute Gasteiger partial charge is 0.325 e. The molecule has 29 heavy (non-hydrogen) atoms. The molecule has 1 saturated carbocycles. The zero-order valence-corrected chi connectivity index (χ0v) is 18.2. The molecule has 1 aromatic rings. The van der Waals surface area contributed by atoms with E-state index >= 15 is 0 Å². The van der Waals surface area contributed by atoms with Gasteiger partial charge in [-0.1, -0.05) is 49.9 Å². The highest BCUT2D eigenvalue weighted by Crippen LogP contribution is 2.33. The van der Waals surface area contributed by atoms with Gasteiger partial charge in [0.2, 0.25) is 5.91 Å². The molecule has 1 heterocycles. The number of imide groups is 1. The van der Waals surface area contributed by atoms with E-state index in [2.05, 4.69) is 5.32 Å². The molecule has 1 saturated heterocycles. The van der Waals surface area contributed by atoms with Crippen molar-refractivity contribution < 1.29 is 14.4 Å². The van der Waals surface area contributed by atoms with Crippen LogP contribution < -0.4 is 5.32 Å². The largest absolute Gasteiger partial charge is 0.336 e. The quantitative estimate of drug-likeness (QED) is 0.706. The summed E-state index contributed by atoms with van der Waals surface area (Å²) in [5, 5.41) is 3.39. The Bertz CT molecular complexity index is 774. The SMILES string of the molecule is CCC1(c2ccc(Cl)cc2)NC(=O)N(CC(=O)N(C(C)C)C2CCCCC2)C1=O. The van der Waals surface area contributed by atoms with Crippen molar-refractivity contribution in [1.29, 1.82) is 0 Å². The van der Waals surface area contributed by atoms with E-state index in [1.54, 1.807) is 24.3 Å². The zero-order valence-electron chi connectivity index (χ0n) is 17.4. The minimum Gasteiger partial charge on any atom is -0.336 e. The van der Waals surface area contributed by atoms with Crippen molar-refractivity contribution in [2.24, 2.45) is 0 Å². The molecule has 0 bridgehead atoms. The Balaban J connectivity index is 1.81. The van der Waals surface area contributed by atoms with Gasteiger partial charge in [0.1, 0.15) is 12.1 Å². The number of rotatable bonds is 6. The van der Waals surface area contributed by atoms with Crippen LogP contribution in [0.1, 0.15) is 64.9 Å². The van der Waals surface area contributed by atoms with Gasteiger partial charge in [-0.05, 0) is 50.8 Å². The Hall–Kier alpha value is -2.08. The highest BCUT2D eigenvalue weighted by atomic mass is 35.5. The number of amides is 4. The van der Waals surface area contributed by atoms with E-state index in [0.29, 0.717) is 17.0 Å². The van der Waals surface area contributed by atoms with Crippen LogP contribution in [-0.2, 0) is 15.1 Å². The fourth-order valence-electron chi connectivity index (χ4n) is 4.63. The Morgan fingerprint density at radius 3 is 2.38 bits per heavy atom. The molecule has 7 heteroatoms. The first-order valence-corrected chi connectivity index (χ1v) is 10.9. The van der Waals surface area contributed by atoms with Crippen molar-refractivity contribution in [3.8, 4) is 0 Å². The van der Waals surface area contributed by atoms with Crippen molar-refractivity contribution in [2.75, 3.05) is 6.54 Å². The molecule has 1 aliphatic carbocycles. The minimum absolute atomic E-state index is 0.0264. The summed E-state index contributed by atoms with van der Waals surface area (Å²) in [6, 6.07) is 6.58. The third-order valence-electron chi connectivity index (χ3n) is 6.15. The topological polar surface area (TPSA) is 69.7 Å². The minimum atomic E-state index is -1.16. The van der Waals surface area contributed by atoms with E-state index in [0.717, 1.165) is 30.6 Å². The van der Waals surface area contributed by atoms with Gasteiger partial charge in [0, 0.05) is 17.1 Å². The highest BCUT2D eigenvalue weighted by molar-refractivity contribution is 6.30. The number of halogens is 1. The van der Waals surface area contributed by atoms with Crippen LogP contribution >= 0.6 is 11.6 Å². The third-order valence-corrected chi connectivity index (χ3v) is 6.40. The van der Waals surface area contributed by atoms with Crippen LogP contribution in [0, 0.1) is 0 Å². The summed E-state index contributed by atoms with van der Waals surface area (Å²) in [4.78, 5) is 42.1. The van der Waals surface area contributed by atoms with Gasteiger partial charge < -0.3 is 10.2 Å². The molecule has 3 rings (SSSR count). The molecule has 2 aliphatic rings. The molecule has 0 radical (unpaired) electrons. The van der Waals surface area contributed by atoms with Crippen molar-refractivity contribution in [3.05, 3.63) is 34.9 Å². The number of carbonyl (C=O) groups is 3. The second kappa shape index (κ2) is 8.74. The maximum Gasteiger partial charge on any atom is 0.325 e. The second-order valence-electron chi connectivity index (χ2n) is 8.27. The summed E-state index contributed by atoms with van der Waals surface area (Å²) in [5.41, 5.74) is -0.485. The zero-order chi connectivity index (χ0) is 21.2. The van der Waals surface area contributed by atoms with Gasteiger partial charge in [-0.2, -0.15) is 0 Å². The highest BCUT2D eigenvalue weighted by Gasteiger charge is 2.52.